The van der Waals surface area contributed by atoms with Crippen LogP contribution < -0.4 is 20.8 Å². The van der Waals surface area contributed by atoms with E-state index < -0.39 is 21.8 Å². The molecule has 0 fully saturated rings. The third kappa shape index (κ3) is 5.31. The second kappa shape index (κ2) is 8.91. The van der Waals surface area contributed by atoms with Gasteiger partial charge >= 0.3 is 5.63 Å². The summed E-state index contributed by atoms with van der Waals surface area (Å²) >= 11 is 0. The van der Waals surface area contributed by atoms with Crippen molar-refractivity contribution in [2.45, 2.75) is 38.2 Å². The number of carbonyl (C=O) groups excluding carboxylic acids is 1. The number of nitrogens with two attached hydrogens (primary N) is 1. The zero-order chi connectivity index (χ0) is 22.8. The van der Waals surface area contributed by atoms with Crippen LogP contribution in [0, 0.1) is 13.8 Å². The number of hydrogen-bond donors (Lipinski definition) is 2. The summed E-state index contributed by atoms with van der Waals surface area (Å²) in [6.07, 6.45) is -0.246. The van der Waals surface area contributed by atoms with Gasteiger partial charge in [-0.15, -0.1) is 0 Å². The van der Waals surface area contributed by atoms with Crippen molar-refractivity contribution in [2.24, 2.45) is 5.14 Å². The zero-order valence-corrected chi connectivity index (χ0v) is 18.3. The third-order valence-corrected chi connectivity index (χ3v) is 6.00. The van der Waals surface area contributed by atoms with Crippen molar-refractivity contribution in [1.82, 2.24) is 5.32 Å². The van der Waals surface area contributed by atoms with Gasteiger partial charge in [-0.3, -0.25) is 4.79 Å². The molecule has 0 aliphatic heterocycles. The Hall–Kier alpha value is -3.17. The van der Waals surface area contributed by atoms with Crippen LogP contribution in [0.15, 0.2) is 56.6 Å². The Kier molecular flexibility index (Phi) is 6.47. The van der Waals surface area contributed by atoms with E-state index in [2.05, 4.69) is 5.32 Å². The van der Waals surface area contributed by atoms with Gasteiger partial charge in [0.05, 0.1) is 4.90 Å². The van der Waals surface area contributed by atoms with Gasteiger partial charge in [0.25, 0.3) is 5.91 Å². The van der Waals surface area contributed by atoms with Crippen molar-refractivity contribution in [2.75, 3.05) is 6.54 Å². The Balaban J connectivity index is 1.58. The fraction of sp³-hybridized carbons (Fsp3) is 0.273. The minimum atomic E-state index is -3.73. The maximum atomic E-state index is 12.3. The molecule has 1 aromatic heterocycles. The van der Waals surface area contributed by atoms with Crippen LogP contribution >= 0.6 is 0 Å². The van der Waals surface area contributed by atoms with Crippen molar-refractivity contribution < 1.29 is 22.4 Å². The first kappa shape index (κ1) is 22.5. The Bertz CT molecular complexity index is 1280. The first-order valence-electron chi connectivity index (χ1n) is 9.66. The second-order valence-corrected chi connectivity index (χ2v) is 8.85. The van der Waals surface area contributed by atoms with Gasteiger partial charge in [-0.1, -0.05) is 12.1 Å². The first-order valence-corrected chi connectivity index (χ1v) is 11.2. The second-order valence-electron chi connectivity index (χ2n) is 7.29. The van der Waals surface area contributed by atoms with Gasteiger partial charge in [0.1, 0.15) is 11.3 Å². The Labute approximate surface area is 180 Å². The van der Waals surface area contributed by atoms with Gasteiger partial charge in [-0.05, 0) is 62.6 Å². The lowest BCUT2D eigenvalue weighted by atomic mass is 10.1. The monoisotopic (exact) mass is 444 g/mol. The number of primary sulfonamides is 1. The highest BCUT2D eigenvalue weighted by atomic mass is 32.2. The molecule has 0 radical (unpaired) electrons. The number of nitrogens with one attached hydrogen (secondary N) is 1. The first-order chi connectivity index (χ1) is 14.6. The lowest BCUT2D eigenvalue weighted by molar-refractivity contribution is -0.127. The average Bonchev–Trinajstić information content (AvgIpc) is 2.71. The summed E-state index contributed by atoms with van der Waals surface area (Å²) < 4.78 is 33.6. The molecule has 2 aromatic carbocycles. The molecule has 3 rings (SSSR count). The minimum Gasteiger partial charge on any atom is -0.481 e. The molecule has 1 unspecified atom stereocenters. The van der Waals surface area contributed by atoms with E-state index in [-0.39, 0.29) is 10.8 Å². The van der Waals surface area contributed by atoms with Gasteiger partial charge in [-0.2, -0.15) is 0 Å². The highest BCUT2D eigenvalue weighted by Crippen LogP contribution is 2.24. The predicted octanol–water partition coefficient (Wildman–Crippen LogP) is 2.18. The minimum absolute atomic E-state index is 0.0406. The van der Waals surface area contributed by atoms with Crippen LogP contribution in [0.25, 0.3) is 11.0 Å². The molecule has 3 aromatic rings. The summed E-state index contributed by atoms with van der Waals surface area (Å²) in [5.74, 6) is 0.114. The van der Waals surface area contributed by atoms with Crippen molar-refractivity contribution >= 4 is 26.9 Å². The van der Waals surface area contributed by atoms with Gasteiger partial charge in [0, 0.05) is 23.6 Å². The molecule has 164 valence electrons. The number of hydrogen-bond acceptors (Lipinski definition) is 6. The van der Waals surface area contributed by atoms with Crippen LogP contribution in [0.4, 0.5) is 0 Å². The maximum absolute atomic E-state index is 12.3. The van der Waals surface area contributed by atoms with Crippen LogP contribution in [0.2, 0.25) is 0 Å². The summed E-state index contributed by atoms with van der Waals surface area (Å²) in [5, 5.41) is 8.67. The molecule has 0 saturated heterocycles. The van der Waals surface area contributed by atoms with Crippen molar-refractivity contribution in [3.05, 3.63) is 69.6 Å². The molecule has 31 heavy (non-hydrogen) atoms. The standard InChI is InChI=1S/C22H24N2O6S/c1-13-14(2)22(26)30-20-12-17(6-9-19(13)20)29-15(3)21(25)24-11-10-16-4-7-18(8-5-16)31(23,27)28/h4-9,12,15H,10-11H2,1-3H3,(H,24,25)(H2,23,27,28). The Morgan fingerprint density at radius 3 is 2.45 bits per heavy atom. The van der Waals surface area contributed by atoms with Crippen molar-refractivity contribution in [3.63, 3.8) is 0 Å². The number of benzene rings is 2. The molecule has 8 nitrogen and oxygen atoms in total. The molecule has 0 spiro atoms. The SMILES string of the molecule is Cc1c(C)c2ccc(OC(C)C(=O)NCCc3ccc(S(N)(=O)=O)cc3)cc2oc1=O. The molecule has 0 saturated carbocycles. The number of carbonyl (C=O) groups is 1. The number of aryl methyl sites for hydroxylation is 1. The van der Waals surface area contributed by atoms with E-state index in [1.54, 1.807) is 44.2 Å². The van der Waals surface area contributed by atoms with Gasteiger partial charge in [0.15, 0.2) is 6.10 Å². The van der Waals surface area contributed by atoms with E-state index in [9.17, 15) is 18.0 Å². The van der Waals surface area contributed by atoms with Crippen LogP contribution in [0.1, 0.15) is 23.6 Å². The van der Waals surface area contributed by atoms with E-state index in [1.807, 2.05) is 6.92 Å². The molecule has 0 aliphatic carbocycles. The van der Waals surface area contributed by atoms with Crippen molar-refractivity contribution in [3.8, 4) is 5.75 Å². The van der Waals surface area contributed by atoms with E-state index >= 15 is 0 Å². The van der Waals surface area contributed by atoms with Crippen LogP contribution in [0.3, 0.4) is 0 Å². The number of fused-ring (bicyclic) bond motifs is 1. The summed E-state index contributed by atoms with van der Waals surface area (Å²) in [6.45, 7) is 5.54. The zero-order valence-electron chi connectivity index (χ0n) is 17.5. The van der Waals surface area contributed by atoms with E-state index in [4.69, 9.17) is 14.3 Å². The molecular formula is C22H24N2O6S. The van der Waals surface area contributed by atoms with Gasteiger partial charge in [0.2, 0.25) is 10.0 Å². The topological polar surface area (TPSA) is 129 Å². The summed E-state index contributed by atoms with van der Waals surface area (Å²) in [6, 6.07) is 11.3. The molecule has 1 amide bonds. The third-order valence-electron chi connectivity index (χ3n) is 5.08. The summed E-state index contributed by atoms with van der Waals surface area (Å²) in [5.41, 5.74) is 2.27. The molecule has 0 aliphatic rings. The molecule has 9 heteroatoms. The number of amides is 1. The van der Waals surface area contributed by atoms with Crippen LogP contribution in [0.5, 0.6) is 5.75 Å². The fourth-order valence-electron chi connectivity index (χ4n) is 3.08. The van der Waals surface area contributed by atoms with E-state index in [1.165, 1.54) is 12.1 Å². The summed E-state index contributed by atoms with van der Waals surface area (Å²) in [4.78, 5) is 24.3. The fourth-order valence-corrected chi connectivity index (χ4v) is 3.59. The highest BCUT2D eigenvalue weighted by molar-refractivity contribution is 7.89. The number of sulfonamides is 1. The largest absolute Gasteiger partial charge is 0.481 e. The Morgan fingerprint density at radius 1 is 1.13 bits per heavy atom. The average molecular weight is 445 g/mol. The van der Waals surface area contributed by atoms with Crippen molar-refractivity contribution in [1.29, 1.82) is 0 Å². The van der Waals surface area contributed by atoms with Crippen LogP contribution in [-0.4, -0.2) is 27.0 Å². The molecule has 0 bridgehead atoms. The molecule has 1 heterocycles. The Morgan fingerprint density at radius 2 is 1.81 bits per heavy atom. The molecule has 3 N–H and O–H groups in total. The number of ether oxygens (including phenoxy) is 1. The van der Waals surface area contributed by atoms with Crippen LogP contribution in [-0.2, 0) is 21.2 Å². The smallest absolute Gasteiger partial charge is 0.339 e. The van der Waals surface area contributed by atoms with Gasteiger partial charge < -0.3 is 14.5 Å². The predicted molar refractivity (Wildman–Crippen MR) is 117 cm³/mol. The summed E-state index contributed by atoms with van der Waals surface area (Å²) in [7, 11) is -3.73. The van der Waals surface area contributed by atoms with E-state index in [0.717, 1.165) is 16.5 Å². The maximum Gasteiger partial charge on any atom is 0.339 e. The molecule has 1 atom stereocenters. The van der Waals surface area contributed by atoms with E-state index in [0.29, 0.717) is 29.9 Å². The number of rotatable bonds is 7. The lowest BCUT2D eigenvalue weighted by Gasteiger charge is -2.15. The van der Waals surface area contributed by atoms with Gasteiger partial charge in [-0.25, -0.2) is 18.4 Å². The molecular weight excluding hydrogens is 420 g/mol. The quantitative estimate of drug-likeness (QED) is 0.538. The lowest BCUT2D eigenvalue weighted by Crippen LogP contribution is -2.37. The normalized spacial score (nSPS) is 12.5. The highest BCUT2D eigenvalue weighted by Gasteiger charge is 2.16.